The van der Waals surface area contributed by atoms with E-state index in [9.17, 15) is 8.42 Å². The van der Waals surface area contributed by atoms with Crippen LogP contribution in [-0.2, 0) is 16.4 Å². The molecule has 2 rings (SSSR count). The molecule has 1 aliphatic heterocycles. The minimum absolute atomic E-state index is 0.255. The molecule has 1 saturated heterocycles. The highest BCUT2D eigenvalue weighted by molar-refractivity contribution is 9.11. The molecule has 3 nitrogen and oxygen atoms in total. The fourth-order valence-electron chi connectivity index (χ4n) is 1.90. The van der Waals surface area contributed by atoms with Gasteiger partial charge in [0.2, 0.25) is 0 Å². The van der Waals surface area contributed by atoms with Gasteiger partial charge in [0.15, 0.2) is 9.84 Å². The van der Waals surface area contributed by atoms with Crippen LogP contribution in [0.5, 0.6) is 0 Å². The van der Waals surface area contributed by atoms with Crippen molar-refractivity contribution < 1.29 is 8.42 Å². The van der Waals surface area contributed by atoms with Crippen molar-refractivity contribution in [1.29, 1.82) is 0 Å². The second-order valence-corrected chi connectivity index (χ2v) is 8.99. The Hall–Kier alpha value is 0.0900. The molecule has 0 spiro atoms. The zero-order chi connectivity index (χ0) is 11.8. The van der Waals surface area contributed by atoms with Crippen LogP contribution in [0.1, 0.15) is 18.9 Å². The van der Waals surface area contributed by atoms with Gasteiger partial charge in [0, 0.05) is 12.1 Å². The molecule has 0 bridgehead atoms. The van der Waals surface area contributed by atoms with Crippen molar-refractivity contribution in [2.75, 3.05) is 11.5 Å². The molecule has 6 heteroatoms. The van der Waals surface area contributed by atoms with Crippen LogP contribution in [0.4, 0.5) is 0 Å². The molecular formula is C10H14BrNO2S2. The van der Waals surface area contributed by atoms with E-state index in [1.165, 1.54) is 5.56 Å². The lowest BCUT2D eigenvalue weighted by Crippen LogP contribution is -2.42. The average molecular weight is 324 g/mol. The molecule has 0 saturated carbocycles. The Labute approximate surface area is 108 Å². The van der Waals surface area contributed by atoms with Crippen LogP contribution in [-0.4, -0.2) is 25.5 Å². The predicted molar refractivity (Wildman–Crippen MR) is 70.5 cm³/mol. The Morgan fingerprint density at radius 3 is 2.88 bits per heavy atom. The van der Waals surface area contributed by atoms with Gasteiger partial charge in [-0.1, -0.05) is 0 Å². The predicted octanol–water partition coefficient (Wildman–Crippen LogP) is 2.18. The van der Waals surface area contributed by atoms with Crippen molar-refractivity contribution in [3.05, 3.63) is 20.8 Å². The lowest BCUT2D eigenvalue weighted by molar-refractivity contribution is 0.396. The van der Waals surface area contributed by atoms with Gasteiger partial charge < -0.3 is 5.32 Å². The number of thiophene rings is 1. The normalized spacial score (nSPS) is 28.4. The third-order valence-corrected chi connectivity index (χ3v) is 6.30. The summed E-state index contributed by atoms with van der Waals surface area (Å²) in [4.78, 5) is 0. The van der Waals surface area contributed by atoms with E-state index in [1.54, 1.807) is 11.3 Å². The zero-order valence-corrected chi connectivity index (χ0v) is 12.2. The van der Waals surface area contributed by atoms with Crippen LogP contribution in [0.15, 0.2) is 15.2 Å². The van der Waals surface area contributed by atoms with Crippen LogP contribution in [0.2, 0.25) is 0 Å². The van der Waals surface area contributed by atoms with E-state index in [4.69, 9.17) is 0 Å². The third-order valence-electron chi connectivity index (χ3n) is 2.84. The maximum Gasteiger partial charge on any atom is 0.152 e. The van der Waals surface area contributed by atoms with Crippen LogP contribution in [0, 0.1) is 0 Å². The van der Waals surface area contributed by atoms with E-state index in [2.05, 4.69) is 32.7 Å². The number of sulfone groups is 1. The summed E-state index contributed by atoms with van der Waals surface area (Å²) < 4.78 is 23.9. The van der Waals surface area contributed by atoms with Crippen molar-refractivity contribution in [2.45, 2.75) is 25.4 Å². The Morgan fingerprint density at radius 2 is 2.38 bits per heavy atom. The second kappa shape index (κ2) is 4.40. The molecule has 1 aliphatic rings. The second-order valence-electron chi connectivity index (χ2n) is 4.52. The quantitative estimate of drug-likeness (QED) is 0.927. The molecule has 1 N–H and O–H groups in total. The fourth-order valence-corrected chi connectivity index (χ4v) is 5.24. The molecule has 1 atom stereocenters. The topological polar surface area (TPSA) is 46.2 Å². The van der Waals surface area contributed by atoms with Crippen molar-refractivity contribution >= 4 is 37.1 Å². The number of nitrogens with one attached hydrogen (secondary N) is 1. The summed E-state index contributed by atoms with van der Waals surface area (Å²) in [7, 11) is -2.82. The number of hydrogen-bond donors (Lipinski definition) is 1. The summed E-state index contributed by atoms with van der Waals surface area (Å²) in [5.74, 6) is 0.565. The minimum atomic E-state index is -2.82. The maximum atomic E-state index is 11.4. The highest BCUT2D eigenvalue weighted by atomic mass is 79.9. The lowest BCUT2D eigenvalue weighted by Gasteiger charge is -2.23. The van der Waals surface area contributed by atoms with E-state index in [0.717, 1.165) is 10.3 Å². The summed E-state index contributed by atoms with van der Waals surface area (Å²) in [5.41, 5.74) is 0.940. The summed E-state index contributed by atoms with van der Waals surface area (Å²) in [6.45, 7) is 2.72. The third kappa shape index (κ3) is 3.06. The van der Waals surface area contributed by atoms with Gasteiger partial charge in [-0.15, -0.1) is 11.3 Å². The van der Waals surface area contributed by atoms with Crippen LogP contribution >= 0.6 is 27.3 Å². The van der Waals surface area contributed by atoms with Crippen LogP contribution in [0.3, 0.4) is 0 Å². The van der Waals surface area contributed by atoms with Gasteiger partial charge in [0.05, 0.1) is 15.3 Å². The van der Waals surface area contributed by atoms with Crippen molar-refractivity contribution in [3.63, 3.8) is 0 Å². The summed E-state index contributed by atoms with van der Waals surface area (Å²) in [5, 5.41) is 5.42. The van der Waals surface area contributed by atoms with Gasteiger partial charge in [0.1, 0.15) is 0 Å². The molecule has 1 aromatic rings. The maximum absolute atomic E-state index is 11.4. The molecule has 1 aromatic heterocycles. The summed E-state index contributed by atoms with van der Waals surface area (Å²) in [6.07, 6.45) is 0.709. The van der Waals surface area contributed by atoms with Crippen molar-refractivity contribution in [1.82, 2.24) is 5.32 Å². The van der Waals surface area contributed by atoms with Gasteiger partial charge >= 0.3 is 0 Å². The number of rotatable bonds is 3. The Bertz CT molecular complexity index is 483. The van der Waals surface area contributed by atoms with E-state index in [1.807, 2.05) is 6.92 Å². The van der Waals surface area contributed by atoms with Crippen molar-refractivity contribution in [2.24, 2.45) is 0 Å². The molecule has 90 valence electrons. The van der Waals surface area contributed by atoms with Gasteiger partial charge in [-0.3, -0.25) is 0 Å². The molecule has 2 heterocycles. The fraction of sp³-hybridized carbons (Fsp3) is 0.600. The largest absolute Gasteiger partial charge is 0.306 e. The smallest absolute Gasteiger partial charge is 0.152 e. The molecule has 0 aliphatic carbocycles. The lowest BCUT2D eigenvalue weighted by atomic mass is 10.0. The standard InChI is InChI=1S/C10H14BrNO2S2/c1-10(2-3-16(13,14)7-10)12-5-8-4-9(11)15-6-8/h4,6,12H,2-3,5,7H2,1H3. The number of halogens is 1. The first-order valence-corrected chi connectivity index (χ1v) is 8.56. The van der Waals surface area contributed by atoms with Crippen molar-refractivity contribution in [3.8, 4) is 0 Å². The monoisotopic (exact) mass is 323 g/mol. The summed E-state index contributed by atoms with van der Waals surface area (Å²) in [6, 6.07) is 2.06. The van der Waals surface area contributed by atoms with E-state index >= 15 is 0 Å². The van der Waals surface area contributed by atoms with Gasteiger partial charge in [0.25, 0.3) is 0 Å². The SMILES string of the molecule is CC1(NCc2csc(Br)c2)CCS(=O)(=O)C1. The molecule has 1 unspecified atom stereocenters. The molecule has 1 fully saturated rings. The van der Waals surface area contributed by atoms with E-state index < -0.39 is 9.84 Å². The van der Waals surface area contributed by atoms with Crippen LogP contribution in [0.25, 0.3) is 0 Å². The molecule has 0 aromatic carbocycles. The minimum Gasteiger partial charge on any atom is -0.306 e. The van der Waals surface area contributed by atoms with Gasteiger partial charge in [-0.25, -0.2) is 8.42 Å². The number of hydrogen-bond acceptors (Lipinski definition) is 4. The average Bonchev–Trinajstić information content (AvgIpc) is 2.69. The Balaban J connectivity index is 1.96. The summed E-state index contributed by atoms with van der Waals surface area (Å²) >= 11 is 5.06. The molecule has 16 heavy (non-hydrogen) atoms. The highest BCUT2D eigenvalue weighted by Crippen LogP contribution is 2.25. The first kappa shape index (κ1) is 12.5. The first-order valence-electron chi connectivity index (χ1n) is 5.07. The molecule has 0 radical (unpaired) electrons. The van der Waals surface area contributed by atoms with Gasteiger partial charge in [-0.2, -0.15) is 0 Å². The van der Waals surface area contributed by atoms with Gasteiger partial charge in [-0.05, 0) is 46.3 Å². The highest BCUT2D eigenvalue weighted by Gasteiger charge is 2.37. The Morgan fingerprint density at radius 1 is 1.62 bits per heavy atom. The first-order chi connectivity index (χ1) is 7.39. The Kier molecular flexibility index (Phi) is 3.45. The molecule has 0 amide bonds. The zero-order valence-electron chi connectivity index (χ0n) is 8.99. The van der Waals surface area contributed by atoms with E-state index in [0.29, 0.717) is 12.2 Å². The molecular weight excluding hydrogens is 310 g/mol. The van der Waals surface area contributed by atoms with E-state index in [-0.39, 0.29) is 11.3 Å². The van der Waals surface area contributed by atoms with Crippen LogP contribution < -0.4 is 5.32 Å².